The van der Waals surface area contributed by atoms with E-state index in [1.54, 1.807) is 0 Å². The maximum Gasteiger partial charge on any atom is 0.114 e. The van der Waals surface area contributed by atoms with E-state index in [9.17, 15) is 0 Å². The van der Waals surface area contributed by atoms with Gasteiger partial charge in [0.05, 0.1) is 6.07 Å². The fraction of sp³-hybridized carbons (Fsp3) is 0.462. The Balaban J connectivity index is 2.51. The van der Waals surface area contributed by atoms with Gasteiger partial charge < -0.3 is 5.32 Å². The van der Waals surface area contributed by atoms with Crippen molar-refractivity contribution in [3.05, 3.63) is 28.7 Å². The first-order valence-corrected chi connectivity index (χ1v) is 6.48. The summed E-state index contributed by atoms with van der Waals surface area (Å²) in [6.07, 6.45) is 4.39. The van der Waals surface area contributed by atoms with Crippen molar-refractivity contribution < 1.29 is 0 Å². The predicted octanol–water partition coefficient (Wildman–Crippen LogP) is 4.33. The second-order valence-electron chi connectivity index (χ2n) is 3.80. The van der Waals surface area contributed by atoms with Crippen LogP contribution in [0.1, 0.15) is 32.6 Å². The molecule has 0 saturated heterocycles. The molecule has 86 valence electrons. The lowest BCUT2D eigenvalue weighted by Gasteiger charge is -2.13. The minimum atomic E-state index is -0.0924. The fourth-order valence-electron chi connectivity index (χ4n) is 1.53. The van der Waals surface area contributed by atoms with Gasteiger partial charge in [-0.3, -0.25) is 0 Å². The maximum absolute atomic E-state index is 9.05. The zero-order valence-corrected chi connectivity index (χ0v) is 11.1. The van der Waals surface area contributed by atoms with Crippen LogP contribution in [0.2, 0.25) is 0 Å². The topological polar surface area (TPSA) is 35.8 Å². The number of anilines is 1. The third kappa shape index (κ3) is 4.24. The molecule has 1 rings (SSSR count). The van der Waals surface area contributed by atoms with E-state index >= 15 is 0 Å². The van der Waals surface area contributed by atoms with Crippen LogP contribution in [-0.2, 0) is 0 Å². The van der Waals surface area contributed by atoms with Crippen molar-refractivity contribution in [2.45, 2.75) is 38.6 Å². The van der Waals surface area contributed by atoms with Gasteiger partial charge in [0.2, 0.25) is 0 Å². The molecule has 1 unspecified atom stereocenters. The van der Waals surface area contributed by atoms with Crippen LogP contribution in [0.3, 0.4) is 0 Å². The van der Waals surface area contributed by atoms with Gasteiger partial charge in [0.25, 0.3) is 0 Å². The molecule has 2 nitrogen and oxygen atoms in total. The van der Waals surface area contributed by atoms with Gasteiger partial charge in [-0.25, -0.2) is 0 Å². The number of nitrogens with one attached hydrogen (secondary N) is 1. The van der Waals surface area contributed by atoms with Gasteiger partial charge in [-0.1, -0.05) is 38.3 Å². The van der Waals surface area contributed by atoms with Gasteiger partial charge in [-0.15, -0.1) is 0 Å². The highest BCUT2D eigenvalue weighted by Gasteiger charge is 2.07. The van der Waals surface area contributed by atoms with Crippen LogP contribution in [0.15, 0.2) is 28.7 Å². The Hall–Kier alpha value is -1.01. The summed E-state index contributed by atoms with van der Waals surface area (Å²) in [5, 5.41) is 12.3. The van der Waals surface area contributed by atoms with E-state index in [1.165, 1.54) is 12.8 Å². The number of hydrogen-bond acceptors (Lipinski definition) is 2. The van der Waals surface area contributed by atoms with Crippen LogP contribution in [0.5, 0.6) is 0 Å². The Morgan fingerprint density at radius 3 is 2.75 bits per heavy atom. The lowest BCUT2D eigenvalue weighted by molar-refractivity contribution is 0.646. The van der Waals surface area contributed by atoms with Gasteiger partial charge in [0, 0.05) is 10.2 Å². The van der Waals surface area contributed by atoms with Crippen molar-refractivity contribution in [1.29, 1.82) is 5.26 Å². The molecule has 0 aromatic heterocycles. The largest absolute Gasteiger partial charge is 0.369 e. The summed E-state index contributed by atoms with van der Waals surface area (Å²) in [4.78, 5) is 0. The third-order valence-corrected chi connectivity index (χ3v) is 3.15. The predicted molar refractivity (Wildman–Crippen MR) is 71.3 cm³/mol. The molecule has 0 aliphatic rings. The van der Waals surface area contributed by atoms with E-state index in [1.807, 2.05) is 24.3 Å². The van der Waals surface area contributed by atoms with Crippen molar-refractivity contribution in [2.24, 2.45) is 0 Å². The summed E-state index contributed by atoms with van der Waals surface area (Å²) in [6, 6.07) is 10.1. The molecular formula is C13H17BrN2. The summed E-state index contributed by atoms with van der Waals surface area (Å²) < 4.78 is 1.01. The average Bonchev–Trinajstić information content (AvgIpc) is 2.30. The number of unbranched alkanes of at least 4 members (excludes halogenated alkanes) is 2. The van der Waals surface area contributed by atoms with Crippen LogP contribution in [0, 0.1) is 11.3 Å². The lowest BCUT2D eigenvalue weighted by Crippen LogP contribution is -2.17. The van der Waals surface area contributed by atoms with E-state index in [2.05, 4.69) is 34.2 Å². The molecular weight excluding hydrogens is 264 g/mol. The molecule has 0 aliphatic carbocycles. The highest BCUT2D eigenvalue weighted by molar-refractivity contribution is 9.10. The standard InChI is InChI=1S/C13H17BrN2/c1-2-3-4-7-11(10-15)16-13-9-6-5-8-12(13)14/h5-6,8-9,11,16H,2-4,7H2,1H3. The molecule has 1 atom stereocenters. The van der Waals surface area contributed by atoms with Crippen molar-refractivity contribution in [1.82, 2.24) is 0 Å². The summed E-state index contributed by atoms with van der Waals surface area (Å²) >= 11 is 3.46. The number of nitrogens with zero attached hydrogens (tertiary/aromatic N) is 1. The zero-order chi connectivity index (χ0) is 11.8. The zero-order valence-electron chi connectivity index (χ0n) is 9.54. The van der Waals surface area contributed by atoms with E-state index < -0.39 is 0 Å². The number of rotatable bonds is 6. The lowest BCUT2D eigenvalue weighted by atomic mass is 10.1. The minimum Gasteiger partial charge on any atom is -0.369 e. The molecule has 0 aliphatic heterocycles. The Kier molecular flexibility index (Phi) is 5.95. The Morgan fingerprint density at radius 2 is 2.12 bits per heavy atom. The smallest absolute Gasteiger partial charge is 0.114 e. The average molecular weight is 281 g/mol. The molecule has 3 heteroatoms. The van der Waals surface area contributed by atoms with Crippen LogP contribution in [-0.4, -0.2) is 6.04 Å². The second kappa shape index (κ2) is 7.29. The van der Waals surface area contributed by atoms with E-state index in [0.717, 1.165) is 23.0 Å². The molecule has 0 fully saturated rings. The van der Waals surface area contributed by atoms with Crippen molar-refractivity contribution in [3.63, 3.8) is 0 Å². The highest BCUT2D eigenvalue weighted by atomic mass is 79.9. The molecule has 1 aromatic rings. The molecule has 1 N–H and O–H groups in total. The van der Waals surface area contributed by atoms with Crippen molar-refractivity contribution in [2.75, 3.05) is 5.32 Å². The van der Waals surface area contributed by atoms with Crippen LogP contribution >= 0.6 is 15.9 Å². The summed E-state index contributed by atoms with van der Waals surface area (Å²) in [6.45, 7) is 2.17. The Morgan fingerprint density at radius 1 is 1.38 bits per heavy atom. The summed E-state index contributed by atoms with van der Waals surface area (Å²) in [5.41, 5.74) is 0.991. The Labute approximate surface area is 106 Å². The number of halogens is 1. The monoisotopic (exact) mass is 280 g/mol. The molecule has 0 saturated carbocycles. The fourth-order valence-corrected chi connectivity index (χ4v) is 1.93. The van der Waals surface area contributed by atoms with Gasteiger partial charge in [0.15, 0.2) is 0 Å². The summed E-state index contributed by atoms with van der Waals surface area (Å²) in [5.74, 6) is 0. The normalized spacial score (nSPS) is 11.8. The molecule has 0 amide bonds. The van der Waals surface area contributed by atoms with Crippen molar-refractivity contribution >= 4 is 21.6 Å². The van der Waals surface area contributed by atoms with Gasteiger partial charge in [-0.2, -0.15) is 5.26 Å². The minimum absolute atomic E-state index is 0.0924. The second-order valence-corrected chi connectivity index (χ2v) is 4.66. The molecule has 1 aromatic carbocycles. The Bertz CT molecular complexity index is 357. The molecule has 0 heterocycles. The molecule has 0 spiro atoms. The SMILES string of the molecule is CCCCCC(C#N)Nc1ccccc1Br. The van der Waals surface area contributed by atoms with Gasteiger partial charge in [-0.05, 0) is 34.5 Å². The number of benzene rings is 1. The first-order valence-electron chi connectivity index (χ1n) is 5.68. The van der Waals surface area contributed by atoms with Gasteiger partial charge >= 0.3 is 0 Å². The third-order valence-electron chi connectivity index (χ3n) is 2.46. The van der Waals surface area contributed by atoms with Crippen molar-refractivity contribution in [3.8, 4) is 6.07 Å². The summed E-state index contributed by atoms with van der Waals surface area (Å²) in [7, 11) is 0. The molecule has 16 heavy (non-hydrogen) atoms. The number of hydrogen-bond donors (Lipinski definition) is 1. The van der Waals surface area contributed by atoms with Gasteiger partial charge in [0.1, 0.15) is 6.04 Å². The van der Waals surface area contributed by atoms with Crippen LogP contribution < -0.4 is 5.32 Å². The molecule has 0 bridgehead atoms. The van der Waals surface area contributed by atoms with Crippen LogP contribution in [0.25, 0.3) is 0 Å². The molecule has 0 radical (unpaired) electrons. The van der Waals surface area contributed by atoms with E-state index in [0.29, 0.717) is 0 Å². The van der Waals surface area contributed by atoms with E-state index in [-0.39, 0.29) is 6.04 Å². The van der Waals surface area contributed by atoms with Crippen LogP contribution in [0.4, 0.5) is 5.69 Å². The number of para-hydroxylation sites is 1. The quantitative estimate of drug-likeness (QED) is 0.787. The van der Waals surface area contributed by atoms with E-state index in [4.69, 9.17) is 5.26 Å². The maximum atomic E-state index is 9.05. The number of nitriles is 1. The first kappa shape index (κ1) is 13.1. The first-order chi connectivity index (χ1) is 7.77. The highest BCUT2D eigenvalue weighted by Crippen LogP contribution is 2.22.